The maximum absolute atomic E-state index is 13.4. The number of hydrazine groups is 1. The van der Waals surface area contributed by atoms with E-state index in [1.807, 2.05) is 110 Å². The maximum Gasteiger partial charge on any atom is 0.231 e. The van der Waals surface area contributed by atoms with Gasteiger partial charge >= 0.3 is 0 Å². The van der Waals surface area contributed by atoms with Gasteiger partial charge in [0.2, 0.25) is 5.91 Å². The molecule has 3 atom stereocenters. The zero-order chi connectivity index (χ0) is 35.7. The molecular weight excluding hydrogens is 639 g/mol. The molecule has 2 heterocycles. The second kappa shape index (κ2) is 16.1. The Morgan fingerprint density at radius 2 is 1.06 bits per heavy atom. The molecule has 3 unspecified atom stereocenters. The summed E-state index contributed by atoms with van der Waals surface area (Å²) in [5, 5.41) is 12.3. The largest absolute Gasteiger partial charge is 0.353 e. The third-order valence-corrected chi connectivity index (χ3v) is 9.14. The predicted molar refractivity (Wildman–Crippen MR) is 214 cm³/mol. The molecule has 6 nitrogen and oxygen atoms in total. The number of rotatable bonds is 8. The van der Waals surface area contributed by atoms with Gasteiger partial charge in [0.25, 0.3) is 0 Å². The van der Waals surface area contributed by atoms with Gasteiger partial charge in [0, 0.05) is 6.04 Å². The van der Waals surface area contributed by atoms with E-state index < -0.39 is 5.92 Å². The van der Waals surface area contributed by atoms with Crippen molar-refractivity contribution in [1.82, 2.24) is 10.7 Å². The molecule has 52 heavy (non-hydrogen) atoms. The van der Waals surface area contributed by atoms with Crippen molar-refractivity contribution >= 4 is 28.7 Å². The van der Waals surface area contributed by atoms with Crippen LogP contribution in [0.5, 0.6) is 0 Å². The fourth-order valence-electron chi connectivity index (χ4n) is 6.76. The van der Waals surface area contributed by atoms with Crippen molar-refractivity contribution in [1.29, 1.82) is 0 Å². The smallest absolute Gasteiger partial charge is 0.231 e. The third kappa shape index (κ3) is 7.67. The highest BCUT2D eigenvalue weighted by Crippen LogP contribution is 2.41. The zero-order valence-corrected chi connectivity index (χ0v) is 29.5. The molecule has 0 spiro atoms. The molecule has 2 aliphatic heterocycles. The normalized spacial score (nSPS) is 17.8. The molecule has 1 amide bonds. The maximum atomic E-state index is 13.4. The van der Waals surface area contributed by atoms with Gasteiger partial charge in [0.1, 0.15) is 5.92 Å². The van der Waals surface area contributed by atoms with Crippen LogP contribution in [0.3, 0.4) is 0 Å². The fraction of sp³-hybridized carbons (Fsp3) is 0.130. The first-order chi connectivity index (χ1) is 25.6. The first-order valence-corrected chi connectivity index (χ1v) is 17.8. The Bertz CT molecular complexity index is 2090. The van der Waals surface area contributed by atoms with Gasteiger partial charge in [-0.2, -0.15) is 5.10 Å². The van der Waals surface area contributed by atoms with Crippen molar-refractivity contribution in [2.45, 2.75) is 32.0 Å². The average Bonchev–Trinajstić information content (AvgIpc) is 3.84. The second-order valence-corrected chi connectivity index (χ2v) is 13.1. The Labute approximate surface area is 306 Å². The third-order valence-electron chi connectivity index (χ3n) is 9.14. The zero-order valence-electron chi connectivity index (χ0n) is 29.5. The first-order valence-electron chi connectivity index (χ1n) is 17.8. The van der Waals surface area contributed by atoms with Crippen LogP contribution in [0.1, 0.15) is 48.2 Å². The summed E-state index contributed by atoms with van der Waals surface area (Å²) >= 11 is 0. The van der Waals surface area contributed by atoms with Crippen LogP contribution in [0, 0.1) is 5.92 Å². The minimum atomic E-state index is -0.414. The van der Waals surface area contributed by atoms with Crippen molar-refractivity contribution in [3.8, 4) is 0 Å². The van der Waals surface area contributed by atoms with Crippen LogP contribution in [0.15, 0.2) is 193 Å². The number of hydrogen-bond donors (Lipinski definition) is 2. The molecule has 0 saturated heterocycles. The van der Waals surface area contributed by atoms with Gasteiger partial charge in [-0.15, -0.1) is 0 Å². The number of carbonyl (C=O) groups excluding carboxylic acids is 1. The van der Waals surface area contributed by atoms with Gasteiger partial charge in [0.05, 0.1) is 34.9 Å². The van der Waals surface area contributed by atoms with E-state index in [1.54, 1.807) is 0 Å². The van der Waals surface area contributed by atoms with E-state index in [1.165, 1.54) is 11.1 Å². The minimum Gasteiger partial charge on any atom is -0.353 e. The summed E-state index contributed by atoms with van der Waals surface area (Å²) in [5.74, 6) is -0.419. The Morgan fingerprint density at radius 1 is 0.596 bits per heavy atom. The number of benzene rings is 6. The number of hydrazone groups is 1. The van der Waals surface area contributed by atoms with E-state index in [2.05, 4.69) is 113 Å². The molecule has 258 valence electrons. The summed E-state index contributed by atoms with van der Waals surface area (Å²) < 4.78 is 0. The topological polar surface area (TPSA) is 60.0 Å². The van der Waals surface area contributed by atoms with Crippen LogP contribution in [-0.2, 0) is 4.79 Å². The van der Waals surface area contributed by atoms with E-state index in [-0.39, 0.29) is 24.0 Å². The van der Waals surface area contributed by atoms with E-state index >= 15 is 0 Å². The number of para-hydroxylation sites is 2. The van der Waals surface area contributed by atoms with E-state index in [0.717, 1.165) is 33.9 Å². The second-order valence-electron chi connectivity index (χ2n) is 13.1. The minimum absolute atomic E-state index is 0.00473. The number of anilines is 2. The molecule has 0 aliphatic carbocycles. The highest BCUT2D eigenvalue weighted by Gasteiger charge is 2.44. The monoisotopic (exact) mass is 681 g/mol. The summed E-state index contributed by atoms with van der Waals surface area (Å²) in [5.41, 5.74) is 12.1. The van der Waals surface area contributed by atoms with Crippen LogP contribution < -0.4 is 20.8 Å². The summed E-state index contributed by atoms with van der Waals surface area (Å²) in [4.78, 5) is 13.4. The van der Waals surface area contributed by atoms with Crippen LogP contribution in [0.25, 0.3) is 5.70 Å². The molecule has 6 aromatic carbocycles. The van der Waals surface area contributed by atoms with E-state index in [4.69, 9.17) is 5.10 Å². The lowest BCUT2D eigenvalue weighted by molar-refractivity contribution is -0.123. The van der Waals surface area contributed by atoms with Gasteiger partial charge in [-0.1, -0.05) is 158 Å². The lowest BCUT2D eigenvalue weighted by Gasteiger charge is -2.28. The molecule has 0 aromatic heterocycles. The molecule has 0 radical (unpaired) electrons. The quantitative estimate of drug-likeness (QED) is 0.168. The lowest BCUT2D eigenvalue weighted by atomic mass is 9.86. The Balaban J connectivity index is 0.000000166. The highest BCUT2D eigenvalue weighted by molar-refractivity contribution is 6.15. The van der Waals surface area contributed by atoms with Crippen molar-refractivity contribution in [2.75, 3.05) is 10.0 Å². The predicted octanol–water partition coefficient (Wildman–Crippen LogP) is 9.59. The first kappa shape index (κ1) is 34.1. The average molecular weight is 682 g/mol. The Kier molecular flexibility index (Phi) is 10.5. The Morgan fingerprint density at radius 3 is 1.60 bits per heavy atom. The van der Waals surface area contributed by atoms with Crippen molar-refractivity contribution in [3.63, 3.8) is 0 Å². The molecule has 0 bridgehead atoms. The number of carbonyl (C=O) groups is 1. The molecule has 0 fully saturated rings. The SMILES string of the molecule is C1=C(c2ccccc2)NN(c2ccccc2)C1c1ccccc1.CC(C)NC(=O)C1C(c2ccccc2)=NN(c2ccccc2)C1c1ccccc1. The summed E-state index contributed by atoms with van der Waals surface area (Å²) in [7, 11) is 0. The standard InChI is InChI=1S/C25H25N3O.C21H18N2/c1-18(2)26-25(29)22-23(19-12-6-3-7-13-19)27-28(21-16-10-5-11-17-21)24(22)20-14-8-4-9-15-20;1-4-10-17(11-5-1)20-16-21(18-12-6-2-7-13-18)23(22-20)19-14-8-3-9-15-19/h3-18,22,24H,1-2H3,(H,26,29);1-16,21-22H. The number of amides is 1. The van der Waals surface area contributed by atoms with Gasteiger partial charge in [0.15, 0.2) is 0 Å². The molecule has 2 aliphatic rings. The summed E-state index contributed by atoms with van der Waals surface area (Å²) in [6.07, 6.45) is 2.29. The van der Waals surface area contributed by atoms with Crippen LogP contribution in [0.2, 0.25) is 0 Å². The highest BCUT2D eigenvalue weighted by atomic mass is 16.2. The van der Waals surface area contributed by atoms with Crippen molar-refractivity contribution in [2.24, 2.45) is 11.0 Å². The molecule has 0 saturated carbocycles. The van der Waals surface area contributed by atoms with Gasteiger partial charge in [-0.05, 0) is 66.4 Å². The fourth-order valence-corrected chi connectivity index (χ4v) is 6.76. The molecule has 6 heteroatoms. The summed E-state index contributed by atoms with van der Waals surface area (Å²) in [6.45, 7) is 3.97. The number of hydrogen-bond acceptors (Lipinski definition) is 5. The molecular formula is C46H43N5O. The van der Waals surface area contributed by atoms with Gasteiger partial charge in [-0.3, -0.25) is 20.2 Å². The summed E-state index contributed by atoms with van der Waals surface area (Å²) in [6, 6.07) is 61.7. The molecule has 8 rings (SSSR count). The van der Waals surface area contributed by atoms with E-state index in [9.17, 15) is 4.79 Å². The van der Waals surface area contributed by atoms with Crippen LogP contribution >= 0.6 is 0 Å². The molecule has 6 aromatic rings. The van der Waals surface area contributed by atoms with Gasteiger partial charge in [-0.25, -0.2) is 0 Å². The lowest BCUT2D eigenvalue weighted by Crippen LogP contribution is -2.42. The van der Waals surface area contributed by atoms with E-state index in [0.29, 0.717) is 0 Å². The van der Waals surface area contributed by atoms with Crippen LogP contribution in [-0.4, -0.2) is 17.7 Å². The number of nitrogens with zero attached hydrogens (tertiary/aromatic N) is 3. The molecule has 2 N–H and O–H groups in total. The van der Waals surface area contributed by atoms with Gasteiger partial charge < -0.3 is 5.32 Å². The Hall–Kier alpha value is -6.40. The van der Waals surface area contributed by atoms with Crippen molar-refractivity contribution in [3.05, 3.63) is 210 Å². The van der Waals surface area contributed by atoms with Crippen LogP contribution in [0.4, 0.5) is 11.4 Å². The van der Waals surface area contributed by atoms with Crippen molar-refractivity contribution < 1.29 is 4.79 Å². The number of nitrogens with one attached hydrogen (secondary N) is 2.